The van der Waals surface area contributed by atoms with Crippen LogP contribution in [0.25, 0.3) is 10.6 Å². The van der Waals surface area contributed by atoms with Crippen LogP contribution in [0.15, 0.2) is 35.9 Å². The molecule has 14 atom stereocenters. The van der Waals surface area contributed by atoms with Gasteiger partial charge in [0.25, 0.3) is 0 Å². The molecule has 52 heavy (non-hydrogen) atoms. The fourth-order valence-corrected chi connectivity index (χ4v) is 11.2. The van der Waals surface area contributed by atoms with Gasteiger partial charge in [-0.2, -0.15) is 0 Å². The number of ether oxygens (including phenoxy) is 6. The smallest absolute Gasteiger partial charge is 0.306 e. The molecule has 5 aliphatic rings. The number of benzene rings is 1. The highest BCUT2D eigenvalue weighted by atomic mass is 35.5. The molecule has 1 saturated carbocycles. The zero-order valence-corrected chi connectivity index (χ0v) is 32.4. The molecule has 2 aliphatic heterocycles. The van der Waals surface area contributed by atoms with Crippen LogP contribution < -0.4 is 0 Å². The van der Waals surface area contributed by atoms with Gasteiger partial charge in [0.15, 0.2) is 12.1 Å². The van der Waals surface area contributed by atoms with Gasteiger partial charge >= 0.3 is 5.97 Å². The van der Waals surface area contributed by atoms with Crippen LogP contribution in [0, 0.1) is 23.7 Å². The third kappa shape index (κ3) is 7.05. The maximum atomic E-state index is 14.3. The van der Waals surface area contributed by atoms with Gasteiger partial charge in [-0.15, -0.1) is 11.3 Å². The Labute approximate surface area is 315 Å². The van der Waals surface area contributed by atoms with Crippen molar-refractivity contribution in [2.45, 2.75) is 127 Å². The molecule has 12 heteroatoms. The fourth-order valence-electron chi connectivity index (χ4n) is 9.73. The molecular weight excluding hydrogens is 706 g/mol. The fraction of sp³-hybridized carbons (Fsp3) is 0.675. The Hall–Kier alpha value is -2.22. The molecule has 1 N–H and O–H groups in total. The van der Waals surface area contributed by atoms with E-state index in [1.54, 1.807) is 32.7 Å². The number of Topliss-reactive ketones (excluding diaryl/α,β-unsaturated/α-hetero) is 1. The SMILES string of the molecule is CC[C@H]1CCC[C@H](O)[C@@H](C)C(=O)C2=C[C@H]3[C@@H]4C[C@H](O[C@@H]5OC(C)[C@H](OC)C(OC)[C@@H]5OC)C[C@H]4c4sc(-c5cccc(Cl)c5)nc4[C@H]3[C@@H]2CC(=O)O1. The Morgan fingerprint density at radius 2 is 1.79 bits per heavy atom. The van der Waals surface area contributed by atoms with Crippen molar-refractivity contribution in [3.05, 3.63) is 51.5 Å². The topological polar surface area (TPSA) is 123 Å². The van der Waals surface area contributed by atoms with E-state index in [-0.39, 0.29) is 72.4 Å². The Morgan fingerprint density at radius 1 is 1.02 bits per heavy atom. The minimum Gasteiger partial charge on any atom is -0.462 e. The van der Waals surface area contributed by atoms with E-state index in [0.717, 1.165) is 29.1 Å². The van der Waals surface area contributed by atoms with Crippen LogP contribution in [0.5, 0.6) is 0 Å². The molecule has 1 aromatic heterocycles. The van der Waals surface area contributed by atoms with E-state index in [4.69, 9.17) is 45.0 Å². The summed E-state index contributed by atoms with van der Waals surface area (Å²) >= 11 is 8.12. The van der Waals surface area contributed by atoms with Gasteiger partial charge in [0.05, 0.1) is 30.4 Å². The Bertz CT molecular complexity index is 1650. The molecular formula is C40H52ClNO9S. The molecule has 0 spiro atoms. The first-order valence-corrected chi connectivity index (χ1v) is 20.0. The lowest BCUT2D eigenvalue weighted by molar-refractivity contribution is -0.314. The van der Waals surface area contributed by atoms with E-state index in [9.17, 15) is 14.7 Å². The molecule has 0 amide bonds. The third-order valence-corrected chi connectivity index (χ3v) is 13.9. The molecule has 1 aromatic carbocycles. The molecule has 0 bridgehead atoms. The van der Waals surface area contributed by atoms with E-state index in [1.807, 2.05) is 45.0 Å². The van der Waals surface area contributed by atoms with E-state index in [0.29, 0.717) is 36.3 Å². The largest absolute Gasteiger partial charge is 0.462 e. The zero-order valence-electron chi connectivity index (χ0n) is 30.9. The average Bonchev–Trinajstić information content (AvgIpc) is 3.85. The number of methoxy groups -OCH3 is 3. The highest BCUT2D eigenvalue weighted by Crippen LogP contribution is 2.63. The third-order valence-electron chi connectivity index (χ3n) is 12.4. The Kier molecular flexibility index (Phi) is 11.6. The van der Waals surface area contributed by atoms with Crippen LogP contribution in [0.3, 0.4) is 0 Å². The lowest BCUT2D eigenvalue weighted by Gasteiger charge is -2.44. The van der Waals surface area contributed by atoms with Gasteiger partial charge in [0.2, 0.25) is 0 Å². The summed E-state index contributed by atoms with van der Waals surface area (Å²) < 4.78 is 36.7. The highest BCUT2D eigenvalue weighted by molar-refractivity contribution is 7.15. The number of rotatable bonds is 7. The second kappa shape index (κ2) is 15.9. The second-order valence-corrected chi connectivity index (χ2v) is 16.8. The maximum absolute atomic E-state index is 14.3. The lowest BCUT2D eigenvalue weighted by Crippen LogP contribution is -2.59. The van der Waals surface area contributed by atoms with Gasteiger partial charge in [-0.05, 0) is 75.0 Å². The van der Waals surface area contributed by atoms with Crippen LogP contribution in [-0.4, -0.2) is 92.2 Å². The molecule has 7 rings (SSSR count). The molecule has 3 fully saturated rings. The van der Waals surface area contributed by atoms with E-state index < -0.39 is 30.3 Å². The quantitative estimate of drug-likeness (QED) is 0.300. The minimum absolute atomic E-state index is 0.0531. The number of halogens is 1. The first-order chi connectivity index (χ1) is 25.1. The van der Waals surface area contributed by atoms with Gasteiger partial charge in [0.1, 0.15) is 29.4 Å². The number of aliphatic hydroxyl groups is 1. The molecule has 2 saturated heterocycles. The number of nitrogens with zero attached hydrogens (tertiary/aromatic N) is 1. The van der Waals surface area contributed by atoms with Gasteiger partial charge < -0.3 is 33.5 Å². The first-order valence-electron chi connectivity index (χ1n) is 18.9. The van der Waals surface area contributed by atoms with Gasteiger partial charge in [-0.1, -0.05) is 43.7 Å². The van der Waals surface area contributed by atoms with Crippen molar-refractivity contribution in [1.29, 1.82) is 0 Å². The van der Waals surface area contributed by atoms with E-state index in [1.165, 1.54) is 4.88 Å². The van der Waals surface area contributed by atoms with Gasteiger partial charge in [0, 0.05) is 60.5 Å². The monoisotopic (exact) mass is 757 g/mol. The van der Waals surface area contributed by atoms with Gasteiger partial charge in [-0.25, -0.2) is 4.98 Å². The standard InChI is InChI=1S/C40H52ClNO9S/c1-7-23-12-9-13-30(43)19(2)34(45)28-17-26-25-15-24(51-40-37(48-6)36(47-5)35(46-4)20(3)49-40)16-29(25)38-33(32(26)27(28)18-31(44)50-23)42-39(52-38)21-10-8-11-22(41)14-21/h8,10-11,14,17,19-20,23-27,29-30,32,35-37,40,43H,7,9,12-13,15-16,18H2,1-6H3/t19-,20?,23+,24+,25+,26+,27-,29-,30+,32-,35+,36?,37+,40+/m1/s1. The average molecular weight is 758 g/mol. The number of fused-ring (bicyclic) bond motifs is 8. The summed E-state index contributed by atoms with van der Waals surface area (Å²) in [5, 5.41) is 12.7. The van der Waals surface area contributed by atoms with Crippen LogP contribution in [-0.2, 0) is 38.0 Å². The molecule has 3 aliphatic carbocycles. The number of hydrogen-bond donors (Lipinski definition) is 1. The van der Waals surface area contributed by atoms with Crippen molar-refractivity contribution >= 4 is 34.7 Å². The molecule has 2 aromatic rings. The summed E-state index contributed by atoms with van der Waals surface area (Å²) in [6.45, 7) is 5.79. The number of ketones is 1. The summed E-state index contributed by atoms with van der Waals surface area (Å²) in [6, 6.07) is 7.72. The summed E-state index contributed by atoms with van der Waals surface area (Å²) in [7, 11) is 4.92. The highest BCUT2D eigenvalue weighted by Gasteiger charge is 2.57. The van der Waals surface area contributed by atoms with Crippen LogP contribution in [0.1, 0.15) is 88.1 Å². The molecule has 284 valence electrons. The minimum atomic E-state index is -0.772. The normalized spacial score (nSPS) is 39.3. The number of aromatic nitrogens is 1. The van der Waals surface area contributed by atoms with E-state index >= 15 is 0 Å². The van der Waals surface area contributed by atoms with Crippen LogP contribution in [0.4, 0.5) is 0 Å². The zero-order chi connectivity index (χ0) is 36.8. The van der Waals surface area contributed by atoms with Crippen LogP contribution in [0.2, 0.25) is 5.02 Å². The second-order valence-electron chi connectivity index (χ2n) is 15.3. The lowest BCUT2D eigenvalue weighted by atomic mass is 9.67. The number of hydrogen-bond acceptors (Lipinski definition) is 11. The molecule has 3 heterocycles. The van der Waals surface area contributed by atoms with Crippen molar-refractivity contribution in [3.63, 3.8) is 0 Å². The molecule has 2 unspecified atom stereocenters. The van der Waals surface area contributed by atoms with Crippen molar-refractivity contribution in [1.82, 2.24) is 4.98 Å². The number of carbonyl (C=O) groups is 2. The predicted octanol–water partition coefficient (Wildman–Crippen LogP) is 6.86. The molecule has 0 radical (unpaired) electrons. The number of carbonyl (C=O) groups excluding carboxylic acids is 2. The number of thiazole rings is 1. The summed E-state index contributed by atoms with van der Waals surface area (Å²) in [5.41, 5.74) is 2.49. The summed E-state index contributed by atoms with van der Waals surface area (Å²) in [5.74, 6) is -1.39. The van der Waals surface area contributed by atoms with Crippen molar-refractivity contribution < 1.29 is 43.1 Å². The van der Waals surface area contributed by atoms with Gasteiger partial charge in [-0.3, -0.25) is 9.59 Å². The summed E-state index contributed by atoms with van der Waals surface area (Å²) in [6.07, 6.45) is 2.92. The van der Waals surface area contributed by atoms with Crippen LogP contribution >= 0.6 is 22.9 Å². The van der Waals surface area contributed by atoms with Crippen molar-refractivity contribution in [2.75, 3.05) is 21.3 Å². The number of allylic oxidation sites excluding steroid dienone is 2. The van der Waals surface area contributed by atoms with E-state index in [2.05, 4.69) is 6.08 Å². The number of esters is 1. The van der Waals surface area contributed by atoms with Crippen molar-refractivity contribution in [2.24, 2.45) is 23.7 Å². The first kappa shape index (κ1) is 38.1. The summed E-state index contributed by atoms with van der Waals surface area (Å²) in [4.78, 5) is 34.5. The maximum Gasteiger partial charge on any atom is 0.306 e. The molecule has 10 nitrogen and oxygen atoms in total. The van der Waals surface area contributed by atoms with Crippen molar-refractivity contribution in [3.8, 4) is 10.6 Å². The Morgan fingerprint density at radius 3 is 2.50 bits per heavy atom. The Balaban J connectivity index is 1.27. The number of cyclic esters (lactones) is 1. The number of aliphatic hydroxyl groups excluding tert-OH is 1. The predicted molar refractivity (Wildman–Crippen MR) is 196 cm³/mol.